The summed E-state index contributed by atoms with van der Waals surface area (Å²) in [5.41, 5.74) is -0.107. The molecule has 0 saturated heterocycles. The van der Waals surface area contributed by atoms with Crippen molar-refractivity contribution < 1.29 is 27.4 Å². The van der Waals surface area contributed by atoms with E-state index in [9.17, 15) is 18.0 Å². The lowest BCUT2D eigenvalue weighted by Crippen LogP contribution is -2.27. The quantitative estimate of drug-likeness (QED) is 0.611. The van der Waals surface area contributed by atoms with Crippen LogP contribution in [0.3, 0.4) is 0 Å². The molecule has 0 atom stereocenters. The summed E-state index contributed by atoms with van der Waals surface area (Å²) in [5.74, 6) is -0.968. The third-order valence-corrected chi connectivity index (χ3v) is 2.18. The third kappa shape index (κ3) is 5.71. The Bertz CT molecular complexity index is 421. The highest BCUT2D eigenvalue weighted by molar-refractivity contribution is 6.00. The molecule has 106 valence electrons. The van der Waals surface area contributed by atoms with E-state index in [1.54, 1.807) is 0 Å². The van der Waals surface area contributed by atoms with E-state index in [1.807, 2.05) is 0 Å². The van der Waals surface area contributed by atoms with Crippen LogP contribution in [0, 0.1) is 0 Å². The molecule has 0 aromatic heterocycles. The van der Waals surface area contributed by atoms with Crippen LogP contribution in [-0.2, 0) is 4.74 Å². The lowest BCUT2D eigenvalue weighted by Gasteiger charge is -2.12. The number of carbonyl (C=O) groups is 1. The lowest BCUT2D eigenvalue weighted by molar-refractivity contribution is -0.274. The van der Waals surface area contributed by atoms with Crippen molar-refractivity contribution in [1.82, 2.24) is 5.32 Å². The smallest absolute Gasteiger partial charge is 0.405 e. The first-order chi connectivity index (χ1) is 8.94. The van der Waals surface area contributed by atoms with Gasteiger partial charge in [-0.3, -0.25) is 4.79 Å². The highest BCUT2D eigenvalue weighted by atomic mass is 19.4. The number of methoxy groups -OCH3 is 1. The number of rotatable bonds is 7. The Balaban J connectivity index is 2.68. The maximum Gasteiger partial charge on any atom is 0.573 e. The molecule has 0 unspecified atom stereocenters. The van der Waals surface area contributed by atoms with Gasteiger partial charge in [0, 0.05) is 13.7 Å². The molecule has 7 heteroatoms. The van der Waals surface area contributed by atoms with E-state index in [0.29, 0.717) is 13.2 Å². The molecule has 0 heterocycles. The van der Waals surface area contributed by atoms with Crippen LogP contribution < -0.4 is 10.1 Å². The Morgan fingerprint density at radius 1 is 1.32 bits per heavy atom. The second kappa shape index (κ2) is 7.10. The number of nitrogens with one attached hydrogen (secondary N) is 1. The Morgan fingerprint density at radius 3 is 2.63 bits per heavy atom. The molecule has 0 spiro atoms. The van der Waals surface area contributed by atoms with E-state index in [2.05, 4.69) is 10.1 Å². The van der Waals surface area contributed by atoms with Crippen molar-refractivity contribution in [3.63, 3.8) is 0 Å². The molecule has 1 N–H and O–H groups in total. The van der Waals surface area contributed by atoms with Crippen LogP contribution in [0.1, 0.15) is 10.4 Å². The largest absolute Gasteiger partial charge is 0.573 e. The molecular formula is C12H14F3NO3. The zero-order chi connectivity index (χ0) is 14.3. The normalized spacial score (nSPS) is 11.4. The van der Waals surface area contributed by atoms with E-state index in [0.717, 1.165) is 6.07 Å². The lowest BCUT2D eigenvalue weighted by atomic mass is 10.1. The average Bonchev–Trinajstić information content (AvgIpc) is 2.33. The van der Waals surface area contributed by atoms with Gasteiger partial charge in [0.05, 0.1) is 18.7 Å². The van der Waals surface area contributed by atoms with Crippen molar-refractivity contribution in [3.8, 4) is 5.75 Å². The molecule has 4 nitrogen and oxygen atoms in total. The monoisotopic (exact) mass is 277 g/mol. The Hall–Kier alpha value is -1.60. The van der Waals surface area contributed by atoms with Crippen molar-refractivity contribution in [2.24, 2.45) is 0 Å². The number of ketones is 1. The van der Waals surface area contributed by atoms with Gasteiger partial charge < -0.3 is 14.8 Å². The Labute approximate surface area is 108 Å². The van der Waals surface area contributed by atoms with Crippen LogP contribution in [-0.4, -0.2) is 39.0 Å². The van der Waals surface area contributed by atoms with Gasteiger partial charge in [-0.2, -0.15) is 0 Å². The topological polar surface area (TPSA) is 47.6 Å². The number of carbonyl (C=O) groups excluding carboxylic acids is 1. The Morgan fingerprint density at radius 2 is 2.00 bits per heavy atom. The van der Waals surface area contributed by atoms with Crippen molar-refractivity contribution in [1.29, 1.82) is 0 Å². The van der Waals surface area contributed by atoms with Gasteiger partial charge in [0.2, 0.25) is 0 Å². The zero-order valence-corrected chi connectivity index (χ0v) is 10.3. The first kappa shape index (κ1) is 15.5. The van der Waals surface area contributed by atoms with Crippen LogP contribution >= 0.6 is 0 Å². The predicted octanol–water partition coefficient (Wildman–Crippen LogP) is 2.00. The first-order valence-corrected chi connectivity index (χ1v) is 5.51. The summed E-state index contributed by atoms with van der Waals surface area (Å²) in [4.78, 5) is 11.8. The number of Topliss-reactive ketones (excluding diaryl/α,β-unsaturated/α-hetero) is 1. The van der Waals surface area contributed by atoms with Crippen molar-refractivity contribution in [2.75, 3.05) is 26.8 Å². The number of benzene rings is 1. The fourth-order valence-electron chi connectivity index (χ4n) is 1.38. The van der Waals surface area contributed by atoms with Crippen molar-refractivity contribution >= 4 is 5.78 Å². The number of hydrogen-bond acceptors (Lipinski definition) is 4. The van der Waals surface area contributed by atoms with Gasteiger partial charge in [0.1, 0.15) is 5.75 Å². The number of hydrogen-bond donors (Lipinski definition) is 1. The van der Waals surface area contributed by atoms with Gasteiger partial charge >= 0.3 is 6.36 Å². The summed E-state index contributed by atoms with van der Waals surface area (Å²) in [6, 6.07) is 5.25. The predicted molar refractivity (Wildman–Crippen MR) is 62.2 cm³/mol. The van der Waals surface area contributed by atoms with Crippen LogP contribution in [0.25, 0.3) is 0 Å². The second-order valence-corrected chi connectivity index (χ2v) is 3.64. The zero-order valence-electron chi connectivity index (χ0n) is 10.3. The minimum atomic E-state index is -4.82. The summed E-state index contributed by atoms with van der Waals surface area (Å²) in [6.07, 6.45) is -4.82. The van der Waals surface area contributed by atoms with E-state index >= 15 is 0 Å². The number of alkyl halides is 3. The summed E-state index contributed by atoms with van der Waals surface area (Å²) in [6.45, 7) is 0.764. The molecule has 0 saturated carbocycles. The number of halogens is 3. The molecule has 0 aliphatic carbocycles. The molecule has 0 aliphatic heterocycles. The molecule has 1 aromatic carbocycles. The maximum absolute atomic E-state index is 12.2. The fraction of sp³-hybridized carbons (Fsp3) is 0.417. The van der Waals surface area contributed by atoms with Gasteiger partial charge in [-0.05, 0) is 12.1 Å². The molecule has 0 fully saturated rings. The van der Waals surface area contributed by atoms with Crippen LogP contribution in [0.4, 0.5) is 13.2 Å². The van der Waals surface area contributed by atoms with E-state index in [1.165, 1.54) is 25.3 Å². The maximum atomic E-state index is 12.2. The van der Waals surface area contributed by atoms with Gasteiger partial charge in [-0.25, -0.2) is 0 Å². The summed E-state index contributed by atoms with van der Waals surface area (Å²) < 4.78 is 45.1. The summed E-state index contributed by atoms with van der Waals surface area (Å²) >= 11 is 0. The number of para-hydroxylation sites is 1. The van der Waals surface area contributed by atoms with Gasteiger partial charge in [0.15, 0.2) is 5.78 Å². The second-order valence-electron chi connectivity index (χ2n) is 3.64. The molecule has 0 aliphatic rings. The van der Waals surface area contributed by atoms with Crippen LogP contribution in [0.15, 0.2) is 24.3 Å². The fourth-order valence-corrected chi connectivity index (χ4v) is 1.38. The highest BCUT2D eigenvalue weighted by Crippen LogP contribution is 2.26. The molecule has 1 aromatic rings. The molecular weight excluding hydrogens is 263 g/mol. The van der Waals surface area contributed by atoms with E-state index in [-0.39, 0.29) is 12.1 Å². The van der Waals surface area contributed by atoms with E-state index < -0.39 is 17.9 Å². The molecule has 0 amide bonds. The summed E-state index contributed by atoms with van der Waals surface area (Å²) in [7, 11) is 1.51. The summed E-state index contributed by atoms with van der Waals surface area (Å²) in [5, 5.41) is 2.76. The van der Waals surface area contributed by atoms with Crippen molar-refractivity contribution in [3.05, 3.63) is 29.8 Å². The minimum absolute atomic E-state index is 0.0818. The number of ether oxygens (including phenoxy) is 2. The molecule has 19 heavy (non-hydrogen) atoms. The molecule has 0 radical (unpaired) electrons. The van der Waals surface area contributed by atoms with Crippen molar-refractivity contribution in [2.45, 2.75) is 6.36 Å². The van der Waals surface area contributed by atoms with Gasteiger partial charge in [-0.1, -0.05) is 12.1 Å². The molecule has 1 rings (SSSR count). The van der Waals surface area contributed by atoms with Crippen LogP contribution in [0.5, 0.6) is 5.75 Å². The van der Waals surface area contributed by atoms with Gasteiger partial charge in [-0.15, -0.1) is 13.2 Å². The van der Waals surface area contributed by atoms with E-state index in [4.69, 9.17) is 4.74 Å². The Kier molecular flexibility index (Phi) is 5.78. The van der Waals surface area contributed by atoms with Gasteiger partial charge in [0.25, 0.3) is 0 Å². The highest BCUT2D eigenvalue weighted by Gasteiger charge is 2.32. The first-order valence-electron chi connectivity index (χ1n) is 5.51. The molecule has 0 bridgehead atoms. The van der Waals surface area contributed by atoms with Crippen LogP contribution in [0.2, 0.25) is 0 Å². The average molecular weight is 277 g/mol. The third-order valence-electron chi connectivity index (χ3n) is 2.18. The minimum Gasteiger partial charge on any atom is -0.405 e. The SMILES string of the molecule is COCCNCC(=O)c1ccccc1OC(F)(F)F. The standard InChI is InChI=1S/C12H14F3NO3/c1-18-7-6-16-8-10(17)9-4-2-3-5-11(9)19-12(13,14)15/h2-5,16H,6-8H2,1H3.